The molecule has 1 aromatic heterocycles. The van der Waals surface area contributed by atoms with E-state index in [0.29, 0.717) is 19.1 Å². The number of rotatable bonds is 6. The summed E-state index contributed by atoms with van der Waals surface area (Å²) in [6.45, 7) is 6.09. The van der Waals surface area contributed by atoms with Crippen molar-refractivity contribution in [2.45, 2.75) is 46.0 Å². The number of thiazole rings is 1. The number of carbonyl (C=O) groups is 1. The summed E-state index contributed by atoms with van der Waals surface area (Å²) >= 11 is 1.64. The van der Waals surface area contributed by atoms with Crippen molar-refractivity contribution >= 4 is 22.5 Å². The molecule has 5 nitrogen and oxygen atoms in total. The molecular weight excluding hydrogens is 298 g/mol. The first kappa shape index (κ1) is 17.2. The van der Waals surface area contributed by atoms with Crippen LogP contribution in [0.3, 0.4) is 0 Å². The number of fused-ring (bicyclic) bond motifs is 1. The highest BCUT2D eigenvalue weighted by Crippen LogP contribution is 2.29. The van der Waals surface area contributed by atoms with Crippen LogP contribution in [0.1, 0.15) is 43.7 Å². The molecule has 0 atom stereocenters. The summed E-state index contributed by atoms with van der Waals surface area (Å²) in [5, 5.41) is 3.71. The Labute approximate surface area is 137 Å². The maximum atomic E-state index is 12.5. The molecular formula is C16H27N3O2S. The predicted octanol–water partition coefficient (Wildman–Crippen LogP) is 3.55. The number of urea groups is 1. The van der Waals surface area contributed by atoms with Crippen molar-refractivity contribution in [2.75, 3.05) is 32.1 Å². The van der Waals surface area contributed by atoms with Crippen LogP contribution in [0.5, 0.6) is 0 Å². The van der Waals surface area contributed by atoms with Crippen LogP contribution in [0.25, 0.3) is 0 Å². The quantitative estimate of drug-likeness (QED) is 0.814. The molecule has 0 aliphatic heterocycles. The van der Waals surface area contributed by atoms with Gasteiger partial charge in [-0.25, -0.2) is 9.78 Å². The van der Waals surface area contributed by atoms with Crippen LogP contribution in [-0.4, -0.2) is 42.7 Å². The van der Waals surface area contributed by atoms with E-state index in [2.05, 4.69) is 24.1 Å². The molecule has 1 aromatic rings. The number of nitrogens with zero attached hydrogens (tertiary/aromatic N) is 2. The molecule has 0 bridgehead atoms. The number of aryl methyl sites for hydroxylation is 2. The van der Waals surface area contributed by atoms with E-state index in [0.717, 1.165) is 24.5 Å². The highest BCUT2D eigenvalue weighted by atomic mass is 32.1. The lowest BCUT2D eigenvalue weighted by atomic mass is 10.2. The topological polar surface area (TPSA) is 54.5 Å². The maximum Gasteiger partial charge on any atom is 0.323 e. The fourth-order valence-electron chi connectivity index (χ4n) is 2.67. The van der Waals surface area contributed by atoms with Gasteiger partial charge >= 0.3 is 6.03 Å². The Kier molecular flexibility index (Phi) is 6.64. The van der Waals surface area contributed by atoms with Crippen molar-refractivity contribution < 1.29 is 9.53 Å². The van der Waals surface area contributed by atoms with Crippen LogP contribution in [0, 0.1) is 5.92 Å². The zero-order valence-electron chi connectivity index (χ0n) is 13.9. The van der Waals surface area contributed by atoms with E-state index in [1.54, 1.807) is 23.3 Å². The van der Waals surface area contributed by atoms with Crippen LogP contribution in [0.4, 0.5) is 9.93 Å². The van der Waals surface area contributed by atoms with Crippen LogP contribution in [0.15, 0.2) is 0 Å². The summed E-state index contributed by atoms with van der Waals surface area (Å²) in [6, 6.07) is -0.0744. The van der Waals surface area contributed by atoms with E-state index in [1.807, 2.05) is 0 Å². The summed E-state index contributed by atoms with van der Waals surface area (Å²) in [4.78, 5) is 20.2. The molecule has 0 spiro atoms. The van der Waals surface area contributed by atoms with Crippen LogP contribution in [0.2, 0.25) is 0 Å². The van der Waals surface area contributed by atoms with Crippen molar-refractivity contribution in [3.05, 3.63) is 10.6 Å². The van der Waals surface area contributed by atoms with Crippen molar-refractivity contribution in [3.63, 3.8) is 0 Å². The van der Waals surface area contributed by atoms with Gasteiger partial charge in [-0.2, -0.15) is 0 Å². The minimum Gasteiger partial charge on any atom is -0.383 e. The molecule has 1 aliphatic rings. The fourth-order valence-corrected chi connectivity index (χ4v) is 3.71. The van der Waals surface area contributed by atoms with E-state index in [4.69, 9.17) is 4.74 Å². The third-order valence-corrected chi connectivity index (χ3v) is 4.82. The molecule has 6 heteroatoms. The molecule has 0 aromatic carbocycles. The van der Waals surface area contributed by atoms with Gasteiger partial charge in [0.05, 0.1) is 12.3 Å². The van der Waals surface area contributed by atoms with Gasteiger partial charge in [-0.15, -0.1) is 11.3 Å². The summed E-state index contributed by atoms with van der Waals surface area (Å²) in [5.41, 5.74) is 1.19. The predicted molar refractivity (Wildman–Crippen MR) is 90.7 cm³/mol. The molecule has 1 heterocycles. The second-order valence-electron chi connectivity index (χ2n) is 6.21. The van der Waals surface area contributed by atoms with Gasteiger partial charge in [0.15, 0.2) is 5.13 Å². The summed E-state index contributed by atoms with van der Waals surface area (Å²) < 4.78 is 5.10. The third kappa shape index (κ3) is 4.95. The molecule has 2 rings (SSSR count). The zero-order valence-corrected chi connectivity index (χ0v) is 14.7. The van der Waals surface area contributed by atoms with Crippen molar-refractivity contribution in [2.24, 2.45) is 5.92 Å². The monoisotopic (exact) mass is 325 g/mol. The van der Waals surface area contributed by atoms with E-state index in [-0.39, 0.29) is 6.03 Å². The Morgan fingerprint density at radius 1 is 1.36 bits per heavy atom. The first-order chi connectivity index (χ1) is 10.6. The Balaban J connectivity index is 1.99. The van der Waals surface area contributed by atoms with Gasteiger partial charge in [0.1, 0.15) is 0 Å². The lowest BCUT2D eigenvalue weighted by molar-refractivity contribution is 0.150. The molecule has 0 radical (unpaired) electrons. The number of nitrogens with one attached hydrogen (secondary N) is 1. The van der Waals surface area contributed by atoms with Crippen LogP contribution in [-0.2, 0) is 17.6 Å². The number of aromatic nitrogens is 1. The van der Waals surface area contributed by atoms with E-state index < -0.39 is 0 Å². The fraction of sp³-hybridized carbons (Fsp3) is 0.750. The zero-order chi connectivity index (χ0) is 15.9. The average Bonchev–Trinajstić information content (AvgIpc) is 2.71. The number of carbonyl (C=O) groups excluding carboxylic acids is 1. The first-order valence-corrected chi connectivity index (χ1v) is 8.95. The summed E-state index contributed by atoms with van der Waals surface area (Å²) in [7, 11) is 1.66. The molecule has 0 unspecified atom stereocenters. The molecule has 1 aliphatic carbocycles. The van der Waals surface area contributed by atoms with E-state index in [1.165, 1.54) is 29.8 Å². The Bertz CT molecular complexity index is 464. The number of anilines is 1. The largest absolute Gasteiger partial charge is 0.383 e. The Morgan fingerprint density at radius 2 is 2.14 bits per heavy atom. The smallest absolute Gasteiger partial charge is 0.323 e. The second kappa shape index (κ2) is 8.48. The number of amides is 2. The standard InChI is InChI=1S/C16H27N3O2S/c1-12(2)11-19(9-10-21-3)16(20)18-15-17-13-7-5-4-6-8-14(13)22-15/h12H,4-11H2,1-3H3,(H,17,18,20). The molecule has 0 saturated heterocycles. The average molecular weight is 325 g/mol. The minimum absolute atomic E-state index is 0.0744. The van der Waals surface area contributed by atoms with Crippen molar-refractivity contribution in [3.8, 4) is 0 Å². The van der Waals surface area contributed by atoms with Gasteiger partial charge in [0, 0.05) is 25.1 Å². The minimum atomic E-state index is -0.0744. The van der Waals surface area contributed by atoms with Gasteiger partial charge in [0.2, 0.25) is 0 Å². The van der Waals surface area contributed by atoms with Crippen molar-refractivity contribution in [1.29, 1.82) is 0 Å². The summed E-state index contributed by atoms with van der Waals surface area (Å²) in [5.74, 6) is 0.426. The normalized spacial score (nSPS) is 14.5. The molecule has 1 N–H and O–H groups in total. The first-order valence-electron chi connectivity index (χ1n) is 8.13. The van der Waals surface area contributed by atoms with Gasteiger partial charge in [0.25, 0.3) is 0 Å². The number of methoxy groups -OCH3 is 1. The Hall–Kier alpha value is -1.14. The number of ether oxygens (including phenoxy) is 1. The van der Waals surface area contributed by atoms with Gasteiger partial charge in [-0.1, -0.05) is 20.3 Å². The van der Waals surface area contributed by atoms with Crippen molar-refractivity contribution in [1.82, 2.24) is 9.88 Å². The third-order valence-electron chi connectivity index (χ3n) is 3.75. The number of hydrogen-bond donors (Lipinski definition) is 1. The number of hydrogen-bond acceptors (Lipinski definition) is 4. The second-order valence-corrected chi connectivity index (χ2v) is 7.30. The lowest BCUT2D eigenvalue weighted by Gasteiger charge is -2.24. The molecule has 124 valence electrons. The summed E-state index contributed by atoms with van der Waals surface area (Å²) in [6.07, 6.45) is 5.86. The maximum absolute atomic E-state index is 12.5. The highest BCUT2D eigenvalue weighted by Gasteiger charge is 2.19. The van der Waals surface area contributed by atoms with Gasteiger partial charge < -0.3 is 9.64 Å². The van der Waals surface area contributed by atoms with Gasteiger partial charge in [-0.05, 0) is 31.6 Å². The molecule has 0 fully saturated rings. The molecule has 22 heavy (non-hydrogen) atoms. The Morgan fingerprint density at radius 3 is 2.86 bits per heavy atom. The SMILES string of the molecule is COCCN(CC(C)C)C(=O)Nc1nc2c(s1)CCCCC2. The van der Waals surface area contributed by atoms with E-state index in [9.17, 15) is 4.79 Å². The van der Waals surface area contributed by atoms with E-state index >= 15 is 0 Å². The highest BCUT2D eigenvalue weighted by molar-refractivity contribution is 7.15. The van der Waals surface area contributed by atoms with Crippen LogP contribution < -0.4 is 5.32 Å². The van der Waals surface area contributed by atoms with Crippen LogP contribution >= 0.6 is 11.3 Å². The van der Waals surface area contributed by atoms with Gasteiger partial charge in [-0.3, -0.25) is 5.32 Å². The lowest BCUT2D eigenvalue weighted by Crippen LogP contribution is -2.39. The molecule has 0 saturated carbocycles. The molecule has 2 amide bonds.